The second-order valence-electron chi connectivity index (χ2n) is 4.72. The molecule has 0 radical (unpaired) electrons. The minimum atomic E-state index is -0.348. The van der Waals surface area contributed by atoms with Crippen molar-refractivity contribution in [3.8, 4) is 17.6 Å². The molecule has 1 aliphatic heterocycles. The molecule has 20 heavy (non-hydrogen) atoms. The number of aliphatic hydroxyl groups is 1. The van der Waals surface area contributed by atoms with Gasteiger partial charge in [-0.1, -0.05) is 11.8 Å². The van der Waals surface area contributed by atoms with Crippen molar-refractivity contribution in [2.75, 3.05) is 19.8 Å². The van der Waals surface area contributed by atoms with Crippen LogP contribution in [-0.4, -0.2) is 31.0 Å². The van der Waals surface area contributed by atoms with Crippen LogP contribution in [0.15, 0.2) is 18.2 Å². The first-order valence-corrected chi connectivity index (χ1v) is 6.93. The van der Waals surface area contributed by atoms with E-state index in [1.807, 2.05) is 0 Å². The predicted octanol–water partition coefficient (Wildman–Crippen LogP) is 2.51. The fourth-order valence-electron chi connectivity index (χ4n) is 2.06. The van der Waals surface area contributed by atoms with Gasteiger partial charge >= 0.3 is 0 Å². The molecule has 0 aromatic heterocycles. The Morgan fingerprint density at radius 2 is 2.30 bits per heavy atom. The van der Waals surface area contributed by atoms with Crippen LogP contribution in [-0.2, 0) is 4.74 Å². The Kier molecular flexibility index (Phi) is 5.85. The molecule has 1 aromatic carbocycles. The van der Waals surface area contributed by atoms with E-state index in [1.54, 1.807) is 6.07 Å². The zero-order valence-corrected chi connectivity index (χ0v) is 11.4. The molecule has 0 spiro atoms. The molecule has 1 saturated heterocycles. The van der Waals surface area contributed by atoms with Gasteiger partial charge in [0.05, 0.1) is 18.3 Å². The van der Waals surface area contributed by atoms with Gasteiger partial charge in [-0.3, -0.25) is 0 Å². The van der Waals surface area contributed by atoms with Crippen molar-refractivity contribution in [2.24, 2.45) is 0 Å². The smallest absolute Gasteiger partial charge is 0.135 e. The van der Waals surface area contributed by atoms with Crippen LogP contribution in [0.1, 0.15) is 31.2 Å². The van der Waals surface area contributed by atoms with Crippen LogP contribution in [0.3, 0.4) is 0 Å². The second kappa shape index (κ2) is 7.88. The van der Waals surface area contributed by atoms with Crippen LogP contribution in [0.5, 0.6) is 5.75 Å². The van der Waals surface area contributed by atoms with Gasteiger partial charge < -0.3 is 14.6 Å². The number of rotatable bonds is 4. The van der Waals surface area contributed by atoms with E-state index in [-0.39, 0.29) is 18.5 Å². The molecule has 1 aliphatic rings. The SMILES string of the molecule is OCCC#Cc1cc(F)ccc1OCC1CCCCO1. The molecule has 3 nitrogen and oxygen atoms in total. The number of hydrogen-bond acceptors (Lipinski definition) is 3. The summed E-state index contributed by atoms with van der Waals surface area (Å²) in [5.74, 6) is 5.82. The monoisotopic (exact) mass is 278 g/mol. The molecule has 4 heteroatoms. The number of hydrogen-bond donors (Lipinski definition) is 1. The maximum Gasteiger partial charge on any atom is 0.135 e. The lowest BCUT2D eigenvalue weighted by molar-refractivity contribution is -0.0111. The van der Waals surface area contributed by atoms with E-state index < -0.39 is 0 Å². The van der Waals surface area contributed by atoms with E-state index in [2.05, 4.69) is 11.8 Å². The molecular weight excluding hydrogens is 259 g/mol. The largest absolute Gasteiger partial charge is 0.490 e. The number of benzene rings is 1. The summed E-state index contributed by atoms with van der Waals surface area (Å²) < 4.78 is 24.6. The number of halogens is 1. The molecule has 0 bridgehead atoms. The van der Waals surface area contributed by atoms with E-state index in [0.29, 0.717) is 24.3 Å². The predicted molar refractivity (Wildman–Crippen MR) is 74.1 cm³/mol. The molecule has 1 atom stereocenters. The molecule has 1 heterocycles. The Morgan fingerprint density at radius 1 is 1.40 bits per heavy atom. The first-order valence-electron chi connectivity index (χ1n) is 6.93. The highest BCUT2D eigenvalue weighted by molar-refractivity contribution is 5.46. The zero-order valence-electron chi connectivity index (χ0n) is 11.4. The van der Waals surface area contributed by atoms with Crippen molar-refractivity contribution >= 4 is 0 Å². The van der Waals surface area contributed by atoms with Gasteiger partial charge in [0.2, 0.25) is 0 Å². The molecule has 1 fully saturated rings. The van der Waals surface area contributed by atoms with E-state index in [4.69, 9.17) is 14.6 Å². The molecule has 0 amide bonds. The highest BCUT2D eigenvalue weighted by Crippen LogP contribution is 2.21. The van der Waals surface area contributed by atoms with Crippen LogP contribution in [0.4, 0.5) is 4.39 Å². The van der Waals surface area contributed by atoms with Gasteiger partial charge in [-0.05, 0) is 37.5 Å². The topological polar surface area (TPSA) is 38.7 Å². The van der Waals surface area contributed by atoms with Crippen LogP contribution >= 0.6 is 0 Å². The maximum absolute atomic E-state index is 13.3. The summed E-state index contributed by atoms with van der Waals surface area (Å²) in [6, 6.07) is 4.29. The van der Waals surface area contributed by atoms with E-state index in [0.717, 1.165) is 25.9 Å². The highest BCUT2D eigenvalue weighted by atomic mass is 19.1. The summed E-state index contributed by atoms with van der Waals surface area (Å²) in [6.07, 6.45) is 3.71. The van der Waals surface area contributed by atoms with Crippen LogP contribution in [0.2, 0.25) is 0 Å². The third kappa shape index (κ3) is 4.52. The Hall–Kier alpha value is -1.57. The molecule has 0 aliphatic carbocycles. The Bertz CT molecular complexity index is 484. The summed E-state index contributed by atoms with van der Waals surface area (Å²) in [4.78, 5) is 0. The quantitative estimate of drug-likeness (QED) is 0.860. The average Bonchev–Trinajstić information content (AvgIpc) is 2.48. The van der Waals surface area contributed by atoms with Gasteiger partial charge in [0.15, 0.2) is 0 Å². The van der Waals surface area contributed by atoms with Crippen molar-refractivity contribution in [1.82, 2.24) is 0 Å². The molecule has 1 unspecified atom stereocenters. The summed E-state index contributed by atoms with van der Waals surface area (Å²) in [5.41, 5.74) is 0.509. The van der Waals surface area contributed by atoms with Gasteiger partial charge in [-0.25, -0.2) is 4.39 Å². The minimum absolute atomic E-state index is 0.00554. The third-order valence-electron chi connectivity index (χ3n) is 3.10. The summed E-state index contributed by atoms with van der Waals surface area (Å²) in [7, 11) is 0. The minimum Gasteiger partial charge on any atom is -0.490 e. The van der Waals surface area contributed by atoms with Crippen molar-refractivity contribution in [3.05, 3.63) is 29.6 Å². The lowest BCUT2D eigenvalue weighted by Gasteiger charge is -2.22. The first kappa shape index (κ1) is 14.8. The summed E-state index contributed by atoms with van der Waals surface area (Å²) in [5, 5.41) is 8.72. The summed E-state index contributed by atoms with van der Waals surface area (Å²) in [6.45, 7) is 1.23. The molecule has 0 saturated carbocycles. The van der Waals surface area contributed by atoms with Gasteiger partial charge in [0, 0.05) is 13.0 Å². The Labute approximate surface area is 118 Å². The van der Waals surface area contributed by atoms with Crippen molar-refractivity contribution in [1.29, 1.82) is 0 Å². The molecule has 1 N–H and O–H groups in total. The van der Waals surface area contributed by atoms with Crippen molar-refractivity contribution in [3.63, 3.8) is 0 Å². The lowest BCUT2D eigenvalue weighted by atomic mass is 10.1. The second-order valence-corrected chi connectivity index (χ2v) is 4.72. The van der Waals surface area contributed by atoms with Crippen molar-refractivity contribution < 1.29 is 19.0 Å². The summed E-state index contributed by atoms with van der Waals surface area (Å²) >= 11 is 0. The number of aliphatic hydroxyl groups excluding tert-OH is 1. The van der Waals surface area contributed by atoms with E-state index in [9.17, 15) is 4.39 Å². The third-order valence-corrected chi connectivity index (χ3v) is 3.10. The average molecular weight is 278 g/mol. The Balaban J connectivity index is 2.00. The van der Waals surface area contributed by atoms with Crippen molar-refractivity contribution in [2.45, 2.75) is 31.8 Å². The van der Waals surface area contributed by atoms with E-state index >= 15 is 0 Å². The van der Waals surface area contributed by atoms with Gasteiger partial charge in [-0.15, -0.1) is 0 Å². The van der Waals surface area contributed by atoms with Crippen LogP contribution in [0, 0.1) is 17.7 Å². The van der Waals surface area contributed by atoms with Crippen LogP contribution in [0.25, 0.3) is 0 Å². The fraction of sp³-hybridized carbons (Fsp3) is 0.500. The molecule has 1 aromatic rings. The molecule has 108 valence electrons. The Morgan fingerprint density at radius 3 is 3.05 bits per heavy atom. The highest BCUT2D eigenvalue weighted by Gasteiger charge is 2.15. The standard InChI is InChI=1S/C16H19FO3/c17-14-7-8-16(13(11-14)5-1-3-9-18)20-12-15-6-2-4-10-19-15/h7-8,11,15,18H,2-4,6,9-10,12H2. The van der Waals surface area contributed by atoms with E-state index in [1.165, 1.54) is 12.1 Å². The van der Waals surface area contributed by atoms with Gasteiger partial charge in [0.25, 0.3) is 0 Å². The fourth-order valence-corrected chi connectivity index (χ4v) is 2.06. The zero-order chi connectivity index (χ0) is 14.2. The first-order chi connectivity index (χ1) is 9.79. The normalized spacial score (nSPS) is 18.2. The van der Waals surface area contributed by atoms with Crippen LogP contribution < -0.4 is 4.74 Å². The maximum atomic E-state index is 13.3. The van der Waals surface area contributed by atoms with Gasteiger partial charge in [-0.2, -0.15) is 0 Å². The number of ether oxygens (including phenoxy) is 2. The molecular formula is C16H19FO3. The molecule has 2 rings (SSSR count). The van der Waals surface area contributed by atoms with Gasteiger partial charge in [0.1, 0.15) is 18.2 Å². The lowest BCUT2D eigenvalue weighted by Crippen LogP contribution is -2.25.